The topological polar surface area (TPSA) is 51.5 Å². The second-order valence-electron chi connectivity index (χ2n) is 5.24. The molecule has 23 heavy (non-hydrogen) atoms. The Balaban J connectivity index is 1.52. The van der Waals surface area contributed by atoms with Crippen molar-refractivity contribution in [3.05, 3.63) is 53.8 Å². The van der Waals surface area contributed by atoms with E-state index in [1.54, 1.807) is 12.1 Å². The van der Waals surface area contributed by atoms with Crippen molar-refractivity contribution in [1.29, 1.82) is 5.26 Å². The first-order chi connectivity index (χ1) is 11.3. The number of halogens is 1. The Labute approximate surface area is 134 Å². The van der Waals surface area contributed by atoms with E-state index in [0.29, 0.717) is 30.3 Å². The molecular formula is C18H16FNO3. The molecule has 0 aromatic heterocycles. The summed E-state index contributed by atoms with van der Waals surface area (Å²) in [6.45, 7) is 0.704. The summed E-state index contributed by atoms with van der Waals surface area (Å²) in [5.74, 6) is 1.52. The van der Waals surface area contributed by atoms with Crippen LogP contribution >= 0.6 is 0 Å². The minimum Gasteiger partial charge on any atom is -0.494 e. The van der Waals surface area contributed by atoms with E-state index in [1.165, 1.54) is 12.1 Å². The number of ether oxygens (including phenoxy) is 3. The number of hydrogen-bond acceptors (Lipinski definition) is 4. The molecule has 0 fully saturated rings. The maximum Gasteiger partial charge on any atom is 0.231 e. The van der Waals surface area contributed by atoms with Gasteiger partial charge in [-0.25, -0.2) is 4.39 Å². The molecule has 0 N–H and O–H groups in total. The van der Waals surface area contributed by atoms with Gasteiger partial charge in [-0.1, -0.05) is 6.07 Å². The van der Waals surface area contributed by atoms with Crippen LogP contribution in [0.5, 0.6) is 17.2 Å². The van der Waals surface area contributed by atoms with Crippen LogP contribution in [0.3, 0.4) is 0 Å². The molecule has 118 valence electrons. The second kappa shape index (κ2) is 7.01. The van der Waals surface area contributed by atoms with E-state index in [9.17, 15) is 9.65 Å². The minimum absolute atomic E-state index is 0.221. The highest BCUT2D eigenvalue weighted by atomic mass is 19.1. The van der Waals surface area contributed by atoms with Crippen LogP contribution in [-0.4, -0.2) is 13.4 Å². The quantitative estimate of drug-likeness (QED) is 0.756. The molecule has 0 aliphatic carbocycles. The third kappa shape index (κ3) is 3.72. The van der Waals surface area contributed by atoms with Gasteiger partial charge in [-0.05, 0) is 54.8 Å². The van der Waals surface area contributed by atoms with E-state index in [2.05, 4.69) is 6.07 Å². The van der Waals surface area contributed by atoms with E-state index in [1.807, 2.05) is 18.2 Å². The maximum atomic E-state index is 12.8. The number of fused-ring (bicyclic) bond motifs is 1. The van der Waals surface area contributed by atoms with Gasteiger partial charge in [-0.15, -0.1) is 0 Å². The van der Waals surface area contributed by atoms with Gasteiger partial charge in [0.25, 0.3) is 0 Å². The first-order valence-electron chi connectivity index (χ1n) is 7.44. The summed E-state index contributed by atoms with van der Waals surface area (Å²) < 4.78 is 29.0. The molecule has 5 heteroatoms. The van der Waals surface area contributed by atoms with E-state index < -0.39 is 0 Å². The van der Waals surface area contributed by atoms with Crippen LogP contribution in [0.25, 0.3) is 0 Å². The molecule has 4 nitrogen and oxygen atoms in total. The molecule has 2 aromatic carbocycles. The molecule has 0 saturated carbocycles. The van der Waals surface area contributed by atoms with Gasteiger partial charge in [-0.2, -0.15) is 5.26 Å². The average molecular weight is 313 g/mol. The van der Waals surface area contributed by atoms with Crippen molar-refractivity contribution in [2.45, 2.75) is 18.8 Å². The van der Waals surface area contributed by atoms with Crippen LogP contribution in [0, 0.1) is 17.1 Å². The molecule has 1 atom stereocenters. The monoisotopic (exact) mass is 313 g/mol. The third-order valence-corrected chi connectivity index (χ3v) is 3.67. The highest BCUT2D eigenvalue weighted by Crippen LogP contribution is 2.35. The Morgan fingerprint density at radius 3 is 2.70 bits per heavy atom. The lowest BCUT2D eigenvalue weighted by atomic mass is 9.95. The van der Waals surface area contributed by atoms with Gasteiger partial charge >= 0.3 is 0 Å². The second-order valence-corrected chi connectivity index (χ2v) is 5.24. The third-order valence-electron chi connectivity index (χ3n) is 3.67. The van der Waals surface area contributed by atoms with Gasteiger partial charge in [0.05, 0.1) is 18.6 Å². The Bertz CT molecular complexity index is 709. The first kappa shape index (κ1) is 15.2. The molecule has 0 spiro atoms. The van der Waals surface area contributed by atoms with Gasteiger partial charge in [0, 0.05) is 0 Å². The van der Waals surface area contributed by atoms with Gasteiger partial charge in [0.1, 0.15) is 11.6 Å². The number of benzene rings is 2. The van der Waals surface area contributed by atoms with Crippen LogP contribution in [0.15, 0.2) is 42.5 Å². The fourth-order valence-electron chi connectivity index (χ4n) is 2.44. The average Bonchev–Trinajstić information content (AvgIpc) is 3.04. The number of rotatable bonds is 6. The maximum absolute atomic E-state index is 12.8. The molecule has 1 aliphatic rings. The molecule has 0 saturated heterocycles. The normalized spacial score (nSPS) is 13.4. The van der Waals surface area contributed by atoms with Crippen molar-refractivity contribution in [3.8, 4) is 23.3 Å². The lowest BCUT2D eigenvalue weighted by Crippen LogP contribution is -2.02. The Kier molecular flexibility index (Phi) is 4.62. The van der Waals surface area contributed by atoms with E-state index in [4.69, 9.17) is 14.2 Å². The SMILES string of the molecule is N#CC(CCCOc1ccc(F)cc1)c1ccc2c(c1)OCO2. The van der Waals surface area contributed by atoms with Crippen molar-refractivity contribution in [3.63, 3.8) is 0 Å². The van der Waals surface area contributed by atoms with Crippen LogP contribution in [0.2, 0.25) is 0 Å². The van der Waals surface area contributed by atoms with Crippen molar-refractivity contribution < 1.29 is 18.6 Å². The van der Waals surface area contributed by atoms with Crippen LogP contribution in [0.4, 0.5) is 4.39 Å². The van der Waals surface area contributed by atoms with Crippen LogP contribution in [-0.2, 0) is 0 Å². The van der Waals surface area contributed by atoms with Crippen molar-refractivity contribution in [2.75, 3.05) is 13.4 Å². The molecule has 3 rings (SSSR count). The predicted octanol–water partition coefficient (Wildman–Crippen LogP) is 4.02. The van der Waals surface area contributed by atoms with Gasteiger partial charge in [0.2, 0.25) is 6.79 Å². The summed E-state index contributed by atoms with van der Waals surface area (Å²) in [6, 6.07) is 13.8. The highest BCUT2D eigenvalue weighted by Gasteiger charge is 2.17. The lowest BCUT2D eigenvalue weighted by molar-refractivity contribution is 0.174. The Morgan fingerprint density at radius 1 is 1.13 bits per heavy atom. The Hall–Kier alpha value is -2.74. The van der Waals surface area contributed by atoms with E-state index in [-0.39, 0.29) is 18.5 Å². The van der Waals surface area contributed by atoms with Gasteiger partial charge < -0.3 is 14.2 Å². The molecule has 0 amide bonds. The fourth-order valence-corrected chi connectivity index (χ4v) is 2.44. The van der Waals surface area contributed by atoms with Crippen LogP contribution in [0.1, 0.15) is 24.3 Å². The summed E-state index contributed by atoms with van der Waals surface area (Å²) in [5.41, 5.74) is 0.915. The first-order valence-corrected chi connectivity index (χ1v) is 7.44. The standard InChI is InChI=1S/C18H16FNO3/c19-15-4-6-16(7-5-15)21-9-1-2-14(11-20)13-3-8-17-18(10-13)23-12-22-17/h3-8,10,14H,1-2,9,12H2. The fraction of sp³-hybridized carbons (Fsp3) is 0.278. The van der Waals surface area contributed by atoms with Crippen LogP contribution < -0.4 is 14.2 Å². The van der Waals surface area contributed by atoms with E-state index in [0.717, 1.165) is 12.0 Å². The molecular weight excluding hydrogens is 297 g/mol. The lowest BCUT2D eigenvalue weighted by Gasteiger charge is -2.11. The van der Waals surface area contributed by atoms with Gasteiger partial charge in [-0.3, -0.25) is 0 Å². The molecule has 1 aliphatic heterocycles. The zero-order valence-electron chi connectivity index (χ0n) is 12.5. The summed E-state index contributed by atoms with van der Waals surface area (Å²) in [6.07, 6.45) is 1.40. The smallest absolute Gasteiger partial charge is 0.231 e. The number of hydrogen-bond donors (Lipinski definition) is 0. The van der Waals surface area contributed by atoms with E-state index >= 15 is 0 Å². The zero-order valence-corrected chi connectivity index (χ0v) is 12.5. The molecule has 0 radical (unpaired) electrons. The summed E-state index contributed by atoms with van der Waals surface area (Å²) in [4.78, 5) is 0. The Morgan fingerprint density at radius 2 is 1.91 bits per heavy atom. The largest absolute Gasteiger partial charge is 0.494 e. The summed E-state index contributed by atoms with van der Waals surface area (Å²) in [7, 11) is 0. The molecule has 1 heterocycles. The summed E-state index contributed by atoms with van der Waals surface area (Å²) >= 11 is 0. The predicted molar refractivity (Wildman–Crippen MR) is 82.0 cm³/mol. The van der Waals surface area contributed by atoms with Crippen molar-refractivity contribution in [1.82, 2.24) is 0 Å². The molecule has 2 aromatic rings. The van der Waals surface area contributed by atoms with Gasteiger partial charge in [0.15, 0.2) is 11.5 Å². The zero-order chi connectivity index (χ0) is 16.1. The molecule has 0 bridgehead atoms. The summed E-state index contributed by atoms with van der Waals surface area (Å²) in [5, 5.41) is 9.37. The number of nitrogens with zero attached hydrogens (tertiary/aromatic N) is 1. The highest BCUT2D eigenvalue weighted by molar-refractivity contribution is 5.46. The minimum atomic E-state index is -0.287. The number of nitriles is 1. The van der Waals surface area contributed by atoms with Crippen molar-refractivity contribution in [2.24, 2.45) is 0 Å². The van der Waals surface area contributed by atoms with Crippen molar-refractivity contribution >= 4 is 0 Å². The molecule has 1 unspecified atom stereocenters.